The van der Waals surface area contributed by atoms with E-state index in [0.29, 0.717) is 11.5 Å². The topological polar surface area (TPSA) is 42.2 Å². The highest BCUT2D eigenvalue weighted by Gasteiger charge is 2.03. The van der Waals surface area contributed by atoms with E-state index in [1.54, 1.807) is 0 Å². The van der Waals surface area contributed by atoms with E-state index in [9.17, 15) is 0 Å². The Morgan fingerprint density at radius 2 is 2.13 bits per heavy atom. The number of thiocarbonyl (C=S) groups is 1. The third kappa shape index (κ3) is 4.85. The molecule has 0 saturated carbocycles. The fourth-order valence-electron chi connectivity index (χ4n) is 1.41. The Morgan fingerprint density at radius 1 is 1.47 bits per heavy atom. The minimum absolute atomic E-state index is 0.562. The highest BCUT2D eigenvalue weighted by molar-refractivity contribution is 7.80. The summed E-state index contributed by atoms with van der Waals surface area (Å²) in [6, 6.07) is 4.07. The molecular formula is C11H17N3S. The molecule has 3 nitrogen and oxygen atoms in total. The minimum atomic E-state index is 0.562. The van der Waals surface area contributed by atoms with Gasteiger partial charge >= 0.3 is 0 Å². The lowest BCUT2D eigenvalue weighted by atomic mass is 10.2. The Labute approximate surface area is 96.3 Å². The zero-order chi connectivity index (χ0) is 11.1. The summed E-state index contributed by atoms with van der Waals surface area (Å²) < 4.78 is 0. The number of nitrogens with two attached hydrogens (primary N) is 1. The summed E-state index contributed by atoms with van der Waals surface area (Å²) in [5, 5.41) is 0. The molecule has 2 N–H and O–H groups in total. The molecule has 1 heterocycles. The van der Waals surface area contributed by atoms with Crippen molar-refractivity contribution in [1.82, 2.24) is 9.88 Å². The third-order valence-electron chi connectivity index (χ3n) is 2.29. The molecule has 0 bridgehead atoms. The van der Waals surface area contributed by atoms with Crippen molar-refractivity contribution in [2.24, 2.45) is 5.73 Å². The van der Waals surface area contributed by atoms with Crippen LogP contribution in [0.1, 0.15) is 12.5 Å². The van der Waals surface area contributed by atoms with E-state index in [0.717, 1.165) is 19.5 Å². The highest BCUT2D eigenvalue weighted by Crippen LogP contribution is 1.99. The van der Waals surface area contributed by atoms with Crippen molar-refractivity contribution in [1.29, 1.82) is 0 Å². The molecule has 0 radical (unpaired) electrons. The number of rotatable bonds is 6. The first-order valence-electron chi connectivity index (χ1n) is 5.12. The summed E-state index contributed by atoms with van der Waals surface area (Å²) in [5.41, 5.74) is 6.82. The van der Waals surface area contributed by atoms with Gasteiger partial charge in [-0.05, 0) is 30.7 Å². The van der Waals surface area contributed by atoms with Gasteiger partial charge in [0.05, 0.1) is 4.99 Å². The Kier molecular flexibility index (Phi) is 5.21. The molecule has 0 atom stereocenters. The normalized spacial score (nSPS) is 10.5. The second-order valence-electron chi connectivity index (χ2n) is 3.44. The molecule has 0 spiro atoms. The van der Waals surface area contributed by atoms with E-state index >= 15 is 0 Å². The largest absolute Gasteiger partial charge is 0.392 e. The van der Waals surface area contributed by atoms with Crippen LogP contribution in [0.5, 0.6) is 0 Å². The van der Waals surface area contributed by atoms with Gasteiger partial charge in [-0.2, -0.15) is 0 Å². The number of hydrogen-bond donors (Lipinski definition) is 1. The first-order chi connectivity index (χ1) is 7.22. The van der Waals surface area contributed by atoms with Gasteiger partial charge in [0.15, 0.2) is 0 Å². The quantitative estimate of drug-likeness (QED) is 0.737. The van der Waals surface area contributed by atoms with Crippen LogP contribution in [0.25, 0.3) is 0 Å². The van der Waals surface area contributed by atoms with Gasteiger partial charge in [0, 0.05) is 25.5 Å². The van der Waals surface area contributed by atoms with Crippen LogP contribution in [-0.4, -0.2) is 34.5 Å². The summed E-state index contributed by atoms with van der Waals surface area (Å²) in [6.07, 6.45) is 4.65. The van der Waals surface area contributed by atoms with Crippen LogP contribution in [-0.2, 0) is 6.42 Å². The molecule has 15 heavy (non-hydrogen) atoms. The molecule has 0 saturated heterocycles. The van der Waals surface area contributed by atoms with Crippen LogP contribution >= 0.6 is 12.2 Å². The molecule has 1 aromatic heterocycles. The van der Waals surface area contributed by atoms with Crippen molar-refractivity contribution >= 4 is 17.2 Å². The van der Waals surface area contributed by atoms with Crippen LogP contribution < -0.4 is 5.73 Å². The van der Waals surface area contributed by atoms with Crippen molar-refractivity contribution in [3.05, 3.63) is 30.1 Å². The Morgan fingerprint density at radius 3 is 2.67 bits per heavy atom. The molecule has 0 aliphatic carbocycles. The lowest BCUT2D eigenvalue weighted by Gasteiger charge is -2.19. The molecule has 0 amide bonds. The van der Waals surface area contributed by atoms with Crippen LogP contribution in [0.3, 0.4) is 0 Å². The maximum Gasteiger partial charge on any atom is 0.0870 e. The van der Waals surface area contributed by atoms with E-state index < -0.39 is 0 Å². The average Bonchev–Trinajstić information content (AvgIpc) is 2.25. The van der Waals surface area contributed by atoms with Gasteiger partial charge in [-0.3, -0.25) is 9.88 Å². The summed E-state index contributed by atoms with van der Waals surface area (Å²) in [5.74, 6) is 0. The molecule has 0 aliphatic rings. The number of aromatic nitrogens is 1. The molecule has 1 aromatic rings. The smallest absolute Gasteiger partial charge is 0.0870 e. The van der Waals surface area contributed by atoms with Crippen molar-refractivity contribution < 1.29 is 0 Å². The van der Waals surface area contributed by atoms with Crippen LogP contribution in [0, 0.1) is 0 Å². The van der Waals surface area contributed by atoms with E-state index in [1.165, 1.54) is 5.56 Å². The Balaban J connectivity index is 2.37. The lowest BCUT2D eigenvalue weighted by molar-refractivity contribution is 0.333. The molecule has 0 aromatic carbocycles. The Hall–Kier alpha value is -1.00. The Bertz CT molecular complexity index is 300. The van der Waals surface area contributed by atoms with Crippen molar-refractivity contribution in [3.8, 4) is 0 Å². The molecule has 4 heteroatoms. The summed E-state index contributed by atoms with van der Waals surface area (Å²) in [7, 11) is 0. The SMILES string of the molecule is CCN(CCc1ccncc1)CC(N)=S. The molecule has 0 aliphatic heterocycles. The lowest BCUT2D eigenvalue weighted by Crippen LogP contribution is -2.34. The van der Waals surface area contributed by atoms with Gasteiger partial charge in [0.1, 0.15) is 0 Å². The fraction of sp³-hybridized carbons (Fsp3) is 0.455. The first kappa shape index (κ1) is 12.1. The van der Waals surface area contributed by atoms with Crippen molar-refractivity contribution in [2.45, 2.75) is 13.3 Å². The van der Waals surface area contributed by atoms with Gasteiger partial charge in [0.2, 0.25) is 0 Å². The summed E-state index contributed by atoms with van der Waals surface area (Å²) >= 11 is 4.90. The van der Waals surface area contributed by atoms with E-state index in [4.69, 9.17) is 18.0 Å². The van der Waals surface area contributed by atoms with Crippen molar-refractivity contribution in [3.63, 3.8) is 0 Å². The monoisotopic (exact) mass is 223 g/mol. The third-order valence-corrected chi connectivity index (χ3v) is 2.42. The standard InChI is InChI=1S/C11H17N3S/c1-2-14(9-11(12)15)8-5-10-3-6-13-7-4-10/h3-4,6-7H,2,5,8-9H2,1H3,(H2,12,15). The highest BCUT2D eigenvalue weighted by atomic mass is 32.1. The number of nitrogens with zero attached hydrogens (tertiary/aromatic N) is 2. The van der Waals surface area contributed by atoms with E-state index in [-0.39, 0.29) is 0 Å². The van der Waals surface area contributed by atoms with Gasteiger partial charge in [-0.15, -0.1) is 0 Å². The second-order valence-corrected chi connectivity index (χ2v) is 3.96. The predicted molar refractivity (Wildman–Crippen MR) is 66.8 cm³/mol. The molecule has 0 fully saturated rings. The zero-order valence-electron chi connectivity index (χ0n) is 9.02. The van der Waals surface area contributed by atoms with Gasteiger partial charge in [0.25, 0.3) is 0 Å². The zero-order valence-corrected chi connectivity index (χ0v) is 9.83. The van der Waals surface area contributed by atoms with Crippen LogP contribution in [0.4, 0.5) is 0 Å². The van der Waals surface area contributed by atoms with E-state index in [1.807, 2.05) is 24.5 Å². The molecule has 1 rings (SSSR count). The molecule has 82 valence electrons. The van der Waals surface area contributed by atoms with E-state index in [2.05, 4.69) is 16.8 Å². The second kappa shape index (κ2) is 6.48. The fourth-order valence-corrected chi connectivity index (χ4v) is 1.59. The first-order valence-corrected chi connectivity index (χ1v) is 5.52. The van der Waals surface area contributed by atoms with Gasteiger partial charge in [-0.25, -0.2) is 0 Å². The summed E-state index contributed by atoms with van der Waals surface area (Å²) in [6.45, 7) is 4.78. The summed E-state index contributed by atoms with van der Waals surface area (Å²) in [4.78, 5) is 6.79. The minimum Gasteiger partial charge on any atom is -0.392 e. The van der Waals surface area contributed by atoms with Gasteiger partial charge in [-0.1, -0.05) is 19.1 Å². The van der Waals surface area contributed by atoms with Crippen LogP contribution in [0.2, 0.25) is 0 Å². The maximum absolute atomic E-state index is 5.52. The predicted octanol–water partition coefficient (Wildman–Crippen LogP) is 1.23. The molecular weight excluding hydrogens is 206 g/mol. The van der Waals surface area contributed by atoms with Crippen LogP contribution in [0.15, 0.2) is 24.5 Å². The van der Waals surface area contributed by atoms with Crippen molar-refractivity contribution in [2.75, 3.05) is 19.6 Å². The number of likely N-dealkylation sites (N-methyl/N-ethyl adjacent to an activating group) is 1. The number of pyridine rings is 1. The molecule has 0 unspecified atom stereocenters. The van der Waals surface area contributed by atoms with Gasteiger partial charge < -0.3 is 5.73 Å². The average molecular weight is 223 g/mol. The number of hydrogen-bond acceptors (Lipinski definition) is 3. The maximum atomic E-state index is 5.52.